The molecule has 0 aliphatic rings. The lowest BCUT2D eigenvalue weighted by Gasteiger charge is -2.32. The summed E-state index contributed by atoms with van der Waals surface area (Å²) in [7, 11) is 0. The number of nitrogens with two attached hydrogens (primary N) is 1. The van der Waals surface area contributed by atoms with Crippen LogP contribution in [0.1, 0.15) is 23.1 Å². The molecule has 0 bridgehead atoms. The van der Waals surface area contributed by atoms with Gasteiger partial charge in [-0.1, -0.05) is 0 Å². The molecule has 0 aliphatic heterocycles. The maximum Gasteiger partial charge on any atom is 0.242 e. The van der Waals surface area contributed by atoms with E-state index in [0.717, 1.165) is 23.1 Å². The highest BCUT2D eigenvalue weighted by Gasteiger charge is 2.37. The number of carbonyl (C=O) groups excluding carboxylic acids is 1. The monoisotopic (exact) mass is 361 g/mol. The Labute approximate surface area is 158 Å². The number of carbonyl (C=O) groups is 1. The molecule has 0 saturated carbocycles. The van der Waals surface area contributed by atoms with Crippen LogP contribution in [0, 0.1) is 0 Å². The van der Waals surface area contributed by atoms with Crippen molar-refractivity contribution in [1.29, 1.82) is 0 Å². The van der Waals surface area contributed by atoms with Crippen LogP contribution in [0.2, 0.25) is 0 Å². The smallest absolute Gasteiger partial charge is 0.242 e. The Kier molecular flexibility index (Phi) is 6.22. The van der Waals surface area contributed by atoms with Gasteiger partial charge in [-0.15, -0.1) is 0 Å². The van der Waals surface area contributed by atoms with Gasteiger partial charge in [-0.2, -0.15) is 0 Å². The predicted molar refractivity (Wildman–Crippen MR) is 104 cm³/mol. The number of aromatic nitrogens is 3. The molecule has 0 aliphatic carbocycles. The number of nitrogens with one attached hydrogen (secondary N) is 1. The third-order valence-corrected chi connectivity index (χ3v) is 4.72. The van der Waals surface area contributed by atoms with Gasteiger partial charge >= 0.3 is 0 Å². The first-order chi connectivity index (χ1) is 13.2. The van der Waals surface area contributed by atoms with Crippen LogP contribution in [0.25, 0.3) is 0 Å². The highest BCUT2D eigenvalue weighted by atomic mass is 16.1. The van der Waals surface area contributed by atoms with Crippen LogP contribution >= 0.6 is 0 Å². The molecule has 3 heterocycles. The van der Waals surface area contributed by atoms with E-state index >= 15 is 0 Å². The minimum absolute atomic E-state index is 0.391. The van der Waals surface area contributed by atoms with Gasteiger partial charge in [-0.05, 0) is 72.4 Å². The molecule has 0 fully saturated rings. The van der Waals surface area contributed by atoms with Gasteiger partial charge in [0.15, 0.2) is 0 Å². The molecule has 27 heavy (non-hydrogen) atoms. The number of hydrogen-bond donors (Lipinski definition) is 2. The summed E-state index contributed by atoms with van der Waals surface area (Å²) in [5, 5.41) is 3.43. The third-order valence-electron chi connectivity index (χ3n) is 4.72. The lowest BCUT2D eigenvalue weighted by molar-refractivity contribution is -0.125. The van der Waals surface area contributed by atoms with Gasteiger partial charge in [0.1, 0.15) is 5.54 Å². The summed E-state index contributed by atoms with van der Waals surface area (Å²) < 4.78 is 0. The maximum absolute atomic E-state index is 12.6. The topological polar surface area (TPSA) is 93.8 Å². The minimum atomic E-state index is -0.959. The van der Waals surface area contributed by atoms with Crippen molar-refractivity contribution < 1.29 is 4.79 Å². The van der Waals surface area contributed by atoms with Crippen molar-refractivity contribution in [2.24, 2.45) is 5.73 Å². The van der Waals surface area contributed by atoms with Crippen molar-refractivity contribution in [3.8, 4) is 0 Å². The average molecular weight is 361 g/mol. The molecule has 1 amide bonds. The lowest BCUT2D eigenvalue weighted by atomic mass is 9.83. The van der Waals surface area contributed by atoms with E-state index in [1.165, 1.54) is 0 Å². The van der Waals surface area contributed by atoms with E-state index < -0.39 is 11.4 Å². The molecular formula is C21H23N5O. The molecule has 3 rings (SSSR count). The molecule has 138 valence electrons. The molecule has 3 N–H and O–H groups in total. The molecule has 3 aromatic rings. The van der Waals surface area contributed by atoms with Crippen LogP contribution in [0.3, 0.4) is 0 Å². The van der Waals surface area contributed by atoms with Crippen molar-refractivity contribution >= 4 is 5.91 Å². The number of hydrogen-bond acceptors (Lipinski definition) is 5. The van der Waals surface area contributed by atoms with Crippen LogP contribution < -0.4 is 11.1 Å². The number of nitrogens with zero attached hydrogens (tertiary/aromatic N) is 3. The van der Waals surface area contributed by atoms with Crippen molar-refractivity contribution in [2.45, 2.75) is 24.8 Å². The number of pyridine rings is 3. The Hall–Kier alpha value is -3.12. The molecule has 3 aromatic heterocycles. The fourth-order valence-corrected chi connectivity index (χ4v) is 3.17. The van der Waals surface area contributed by atoms with Crippen LogP contribution in [0.5, 0.6) is 0 Å². The standard InChI is InChI=1S/C21H23N5O/c22-20(27)21(19-7-14-25-15-8-19,9-1-17-2-10-23-11-3-17)26-16-6-18-4-12-24-13-5-18/h2-5,7-8,10-15,26H,1,6,9,16H2,(H2,22,27). The lowest BCUT2D eigenvalue weighted by Crippen LogP contribution is -2.53. The molecule has 0 radical (unpaired) electrons. The van der Waals surface area contributed by atoms with E-state index in [9.17, 15) is 4.79 Å². The Balaban J connectivity index is 1.81. The second-order valence-corrected chi connectivity index (χ2v) is 6.39. The second-order valence-electron chi connectivity index (χ2n) is 6.39. The molecule has 0 aromatic carbocycles. The fraction of sp³-hybridized carbons (Fsp3) is 0.238. The summed E-state index contributed by atoms with van der Waals surface area (Å²) in [6, 6.07) is 11.5. The van der Waals surface area contributed by atoms with Crippen LogP contribution in [-0.4, -0.2) is 27.4 Å². The van der Waals surface area contributed by atoms with Gasteiger partial charge in [0.25, 0.3) is 0 Å². The Morgan fingerprint density at radius 3 is 1.81 bits per heavy atom. The SMILES string of the molecule is NC(=O)C(CCc1ccncc1)(NCCc1ccncc1)c1ccncc1. The number of rotatable bonds is 9. The van der Waals surface area contributed by atoms with E-state index in [2.05, 4.69) is 20.3 Å². The van der Waals surface area contributed by atoms with Crippen molar-refractivity contribution in [2.75, 3.05) is 6.54 Å². The number of amides is 1. The fourth-order valence-electron chi connectivity index (χ4n) is 3.17. The van der Waals surface area contributed by atoms with Gasteiger partial charge in [-0.25, -0.2) is 0 Å². The Morgan fingerprint density at radius 1 is 0.815 bits per heavy atom. The second kappa shape index (κ2) is 9.00. The van der Waals surface area contributed by atoms with Gasteiger partial charge in [-0.3, -0.25) is 25.1 Å². The van der Waals surface area contributed by atoms with Crippen molar-refractivity contribution in [1.82, 2.24) is 20.3 Å². The largest absolute Gasteiger partial charge is 0.368 e. The molecule has 6 nitrogen and oxygen atoms in total. The molecular weight excluding hydrogens is 338 g/mol. The molecule has 1 atom stereocenters. The highest BCUT2D eigenvalue weighted by Crippen LogP contribution is 2.26. The van der Waals surface area contributed by atoms with Crippen molar-refractivity contribution in [3.63, 3.8) is 0 Å². The average Bonchev–Trinajstić information content (AvgIpc) is 2.72. The minimum Gasteiger partial charge on any atom is -0.368 e. The summed E-state index contributed by atoms with van der Waals surface area (Å²) in [5.41, 5.74) is 8.04. The first kappa shape index (κ1) is 18.7. The molecule has 0 spiro atoms. The summed E-state index contributed by atoms with van der Waals surface area (Å²) in [5.74, 6) is -0.391. The van der Waals surface area contributed by atoms with Gasteiger partial charge in [0.05, 0.1) is 0 Å². The third kappa shape index (κ3) is 4.74. The summed E-state index contributed by atoms with van der Waals surface area (Å²) >= 11 is 0. The number of aryl methyl sites for hydroxylation is 1. The Morgan fingerprint density at radius 2 is 1.30 bits per heavy atom. The van der Waals surface area contributed by atoms with Crippen LogP contribution in [-0.2, 0) is 23.2 Å². The quantitative estimate of drug-likeness (QED) is 0.608. The van der Waals surface area contributed by atoms with E-state index in [1.807, 2.05) is 36.4 Å². The van der Waals surface area contributed by atoms with Crippen LogP contribution in [0.4, 0.5) is 0 Å². The predicted octanol–water partition coefficient (Wildman–Crippen LogP) is 2.02. The van der Waals surface area contributed by atoms with Gasteiger partial charge in [0.2, 0.25) is 5.91 Å². The molecule has 6 heteroatoms. The molecule has 0 saturated heterocycles. The van der Waals surface area contributed by atoms with E-state index in [4.69, 9.17) is 5.73 Å². The van der Waals surface area contributed by atoms with Crippen molar-refractivity contribution in [3.05, 3.63) is 90.3 Å². The molecule has 1 unspecified atom stereocenters. The zero-order valence-electron chi connectivity index (χ0n) is 15.1. The highest BCUT2D eigenvalue weighted by molar-refractivity contribution is 5.86. The maximum atomic E-state index is 12.6. The summed E-state index contributed by atoms with van der Waals surface area (Å²) in [6.45, 7) is 0.617. The zero-order chi connectivity index (χ0) is 19.0. The number of primary amides is 1. The summed E-state index contributed by atoms with van der Waals surface area (Å²) in [6.07, 6.45) is 12.4. The first-order valence-corrected chi connectivity index (χ1v) is 8.94. The van der Waals surface area contributed by atoms with E-state index in [1.54, 1.807) is 37.2 Å². The zero-order valence-corrected chi connectivity index (χ0v) is 15.1. The first-order valence-electron chi connectivity index (χ1n) is 8.94. The van der Waals surface area contributed by atoms with E-state index in [0.29, 0.717) is 19.4 Å². The van der Waals surface area contributed by atoms with Gasteiger partial charge < -0.3 is 5.73 Å². The van der Waals surface area contributed by atoms with E-state index in [-0.39, 0.29) is 0 Å². The Bertz CT molecular complexity index is 842. The normalized spacial score (nSPS) is 13.0. The van der Waals surface area contributed by atoms with Crippen LogP contribution in [0.15, 0.2) is 73.6 Å². The van der Waals surface area contributed by atoms with Gasteiger partial charge in [0, 0.05) is 43.7 Å². The summed E-state index contributed by atoms with van der Waals surface area (Å²) in [4.78, 5) is 24.8.